The van der Waals surface area contributed by atoms with Gasteiger partial charge in [-0.05, 0) is 41.2 Å². The zero-order valence-corrected chi connectivity index (χ0v) is 12.0. The molecule has 0 aliphatic carbocycles. The molecule has 111 valence electrons. The van der Waals surface area contributed by atoms with E-state index in [2.05, 4.69) is 13.8 Å². The van der Waals surface area contributed by atoms with Crippen molar-refractivity contribution >= 4 is 0 Å². The number of alkyl halides is 3. The maximum absolute atomic E-state index is 12.6. The summed E-state index contributed by atoms with van der Waals surface area (Å²) in [5.74, 6) is 0.400. The average molecular weight is 291 g/mol. The largest absolute Gasteiger partial charge is 0.416 e. The molecule has 1 unspecified atom stereocenters. The predicted molar refractivity (Wildman–Crippen MR) is 79.9 cm³/mol. The average Bonchev–Trinajstić information content (AvgIpc) is 2.47. The van der Waals surface area contributed by atoms with Crippen molar-refractivity contribution < 1.29 is 13.2 Å². The first kappa shape index (κ1) is 15.6. The Kier molecular flexibility index (Phi) is 4.71. The predicted octanol–water partition coefficient (Wildman–Crippen LogP) is 6.09. The summed E-state index contributed by atoms with van der Waals surface area (Å²) in [5.41, 5.74) is 2.31. The third-order valence-corrected chi connectivity index (χ3v) is 3.64. The fourth-order valence-electron chi connectivity index (χ4n) is 2.35. The monoisotopic (exact) mass is 291 g/mol. The normalized spacial score (nSPS) is 13.2. The van der Waals surface area contributed by atoms with Gasteiger partial charge in [0, 0.05) is 0 Å². The molecular formula is C18H18F3. The van der Waals surface area contributed by atoms with Crippen molar-refractivity contribution in [2.24, 2.45) is 0 Å². The van der Waals surface area contributed by atoms with Crippen molar-refractivity contribution in [3.8, 4) is 11.1 Å². The highest BCUT2D eigenvalue weighted by Gasteiger charge is 2.29. The minimum Gasteiger partial charge on any atom is -0.166 e. The maximum Gasteiger partial charge on any atom is 0.416 e. The van der Waals surface area contributed by atoms with Gasteiger partial charge in [-0.15, -0.1) is 0 Å². The van der Waals surface area contributed by atoms with Gasteiger partial charge in [0.05, 0.1) is 5.56 Å². The van der Waals surface area contributed by atoms with E-state index in [0.717, 1.165) is 36.1 Å². The molecule has 1 atom stereocenters. The second-order valence-electron chi connectivity index (χ2n) is 5.24. The first-order valence-corrected chi connectivity index (χ1v) is 6.98. The summed E-state index contributed by atoms with van der Waals surface area (Å²) in [6.45, 7) is 5.99. The molecule has 0 heterocycles. The molecule has 3 heteroatoms. The highest BCUT2D eigenvalue weighted by atomic mass is 19.4. The highest BCUT2D eigenvalue weighted by Crippen LogP contribution is 2.32. The lowest BCUT2D eigenvalue weighted by Crippen LogP contribution is -2.04. The zero-order valence-electron chi connectivity index (χ0n) is 12.0. The number of halogens is 3. The molecule has 0 N–H and O–H groups in total. The summed E-state index contributed by atoms with van der Waals surface area (Å²) in [4.78, 5) is 0. The van der Waals surface area contributed by atoms with E-state index < -0.39 is 11.7 Å². The molecule has 21 heavy (non-hydrogen) atoms. The third kappa shape index (κ3) is 3.87. The molecule has 2 rings (SSSR count). The Labute approximate surface area is 123 Å². The van der Waals surface area contributed by atoms with Gasteiger partial charge in [-0.1, -0.05) is 56.7 Å². The molecule has 0 bridgehead atoms. The second-order valence-corrected chi connectivity index (χ2v) is 5.24. The maximum atomic E-state index is 12.6. The molecule has 1 radical (unpaired) electrons. The molecule has 0 saturated carbocycles. The Morgan fingerprint density at radius 2 is 1.67 bits per heavy atom. The quantitative estimate of drug-likeness (QED) is 0.639. The highest BCUT2D eigenvalue weighted by molar-refractivity contribution is 5.64. The van der Waals surface area contributed by atoms with Crippen LogP contribution in [-0.2, 0) is 6.18 Å². The molecule has 0 nitrogen and oxygen atoms in total. The summed E-state index contributed by atoms with van der Waals surface area (Å²) in [6.07, 6.45) is -2.43. The lowest BCUT2D eigenvalue weighted by atomic mass is 9.93. The number of benzene rings is 2. The summed E-state index contributed by atoms with van der Waals surface area (Å²) in [5, 5.41) is 0. The lowest BCUT2D eigenvalue weighted by molar-refractivity contribution is -0.137. The number of hydrogen-bond acceptors (Lipinski definition) is 0. The van der Waals surface area contributed by atoms with Gasteiger partial charge in [0.25, 0.3) is 0 Å². The van der Waals surface area contributed by atoms with Crippen LogP contribution >= 0.6 is 0 Å². The van der Waals surface area contributed by atoms with Crippen LogP contribution in [0.3, 0.4) is 0 Å². The van der Waals surface area contributed by atoms with Crippen LogP contribution in [0.1, 0.15) is 36.8 Å². The fraction of sp³-hybridized carbons (Fsp3) is 0.278. The molecule has 0 aliphatic heterocycles. The van der Waals surface area contributed by atoms with Crippen molar-refractivity contribution in [1.82, 2.24) is 0 Å². The van der Waals surface area contributed by atoms with Crippen LogP contribution in [0.15, 0.2) is 48.5 Å². The van der Waals surface area contributed by atoms with Crippen LogP contribution in [0.5, 0.6) is 0 Å². The van der Waals surface area contributed by atoms with E-state index in [1.54, 1.807) is 0 Å². The van der Waals surface area contributed by atoms with Gasteiger partial charge in [-0.2, -0.15) is 13.2 Å². The standard InChI is InChI=1S/C18H18F3/c1-3-5-13(2)15-6-4-7-16(12-15)14-8-10-17(11-9-14)18(19,20)21/h4,6-13H,1,3,5H2,2H3. The molecule has 0 fully saturated rings. The Morgan fingerprint density at radius 3 is 2.24 bits per heavy atom. The molecule has 0 spiro atoms. The summed E-state index contributed by atoms with van der Waals surface area (Å²) in [6, 6.07) is 13.3. The third-order valence-electron chi connectivity index (χ3n) is 3.64. The minimum atomic E-state index is -4.29. The zero-order chi connectivity index (χ0) is 15.5. The van der Waals surface area contributed by atoms with Crippen LogP contribution in [0.4, 0.5) is 13.2 Å². The van der Waals surface area contributed by atoms with Crippen molar-refractivity contribution in [3.05, 3.63) is 66.6 Å². The van der Waals surface area contributed by atoms with E-state index in [0.29, 0.717) is 5.92 Å². The van der Waals surface area contributed by atoms with Crippen molar-refractivity contribution in [1.29, 1.82) is 0 Å². The van der Waals surface area contributed by atoms with E-state index in [4.69, 9.17) is 0 Å². The van der Waals surface area contributed by atoms with Gasteiger partial charge in [0.2, 0.25) is 0 Å². The number of hydrogen-bond donors (Lipinski definition) is 0. The lowest BCUT2D eigenvalue weighted by Gasteiger charge is -2.13. The Balaban J connectivity index is 2.28. The fourth-order valence-corrected chi connectivity index (χ4v) is 2.35. The van der Waals surface area contributed by atoms with E-state index in [9.17, 15) is 13.2 Å². The molecular weight excluding hydrogens is 273 g/mol. The minimum absolute atomic E-state index is 0.400. The van der Waals surface area contributed by atoms with E-state index in [1.807, 2.05) is 24.3 Å². The van der Waals surface area contributed by atoms with Crippen LogP contribution in [0.25, 0.3) is 11.1 Å². The first-order chi connectivity index (χ1) is 9.91. The molecule has 2 aromatic carbocycles. The van der Waals surface area contributed by atoms with Crippen LogP contribution < -0.4 is 0 Å². The Bertz CT molecular complexity index is 582. The van der Waals surface area contributed by atoms with E-state index in [1.165, 1.54) is 17.7 Å². The summed E-state index contributed by atoms with van der Waals surface area (Å²) >= 11 is 0. The van der Waals surface area contributed by atoms with Crippen LogP contribution in [0.2, 0.25) is 0 Å². The molecule has 0 aliphatic rings. The second kappa shape index (κ2) is 6.33. The molecule has 2 aromatic rings. The van der Waals surface area contributed by atoms with E-state index in [-0.39, 0.29) is 0 Å². The van der Waals surface area contributed by atoms with Crippen LogP contribution in [0, 0.1) is 6.92 Å². The van der Waals surface area contributed by atoms with Gasteiger partial charge >= 0.3 is 6.18 Å². The van der Waals surface area contributed by atoms with Crippen molar-refractivity contribution in [2.75, 3.05) is 0 Å². The van der Waals surface area contributed by atoms with Crippen LogP contribution in [-0.4, -0.2) is 0 Å². The smallest absolute Gasteiger partial charge is 0.166 e. The molecule has 0 saturated heterocycles. The topological polar surface area (TPSA) is 0 Å². The van der Waals surface area contributed by atoms with Gasteiger partial charge in [-0.3, -0.25) is 0 Å². The van der Waals surface area contributed by atoms with Gasteiger partial charge in [0.1, 0.15) is 0 Å². The van der Waals surface area contributed by atoms with Gasteiger partial charge < -0.3 is 0 Å². The molecule has 0 aromatic heterocycles. The number of rotatable bonds is 4. The Hall–Kier alpha value is -1.77. The van der Waals surface area contributed by atoms with Gasteiger partial charge in [0.15, 0.2) is 0 Å². The SMILES string of the molecule is [CH2]CCC(C)c1cccc(-c2ccc(C(F)(F)F)cc2)c1. The van der Waals surface area contributed by atoms with Crippen molar-refractivity contribution in [2.45, 2.75) is 31.9 Å². The summed E-state index contributed by atoms with van der Waals surface area (Å²) < 4.78 is 37.7. The van der Waals surface area contributed by atoms with Gasteiger partial charge in [-0.25, -0.2) is 0 Å². The first-order valence-electron chi connectivity index (χ1n) is 6.98. The van der Waals surface area contributed by atoms with Crippen molar-refractivity contribution in [3.63, 3.8) is 0 Å². The Morgan fingerprint density at radius 1 is 1.00 bits per heavy atom. The summed E-state index contributed by atoms with van der Waals surface area (Å²) in [7, 11) is 0. The van der Waals surface area contributed by atoms with E-state index >= 15 is 0 Å². The molecule has 0 amide bonds.